The molecule has 0 N–H and O–H groups in total. The second kappa shape index (κ2) is 10.3. The highest BCUT2D eigenvalue weighted by Crippen LogP contribution is 2.08. The average molecular weight is 249 g/mol. The topological polar surface area (TPSA) is 9.23 Å². The van der Waals surface area contributed by atoms with E-state index in [-0.39, 0.29) is 0 Å². The summed E-state index contributed by atoms with van der Waals surface area (Å²) < 4.78 is 5.49. The Morgan fingerprint density at radius 1 is 1.38 bits per heavy atom. The van der Waals surface area contributed by atoms with E-state index in [1.165, 1.54) is 12.8 Å². The van der Waals surface area contributed by atoms with Gasteiger partial charge in [0.15, 0.2) is 0 Å². The molecule has 0 aliphatic rings. The molecule has 0 saturated carbocycles. The van der Waals surface area contributed by atoms with E-state index in [9.17, 15) is 0 Å². The second-order valence-electron chi connectivity index (χ2n) is 3.41. The van der Waals surface area contributed by atoms with Crippen molar-refractivity contribution < 1.29 is 4.74 Å². The molecular formula is C11H21BrO. The Balaban J connectivity index is 3.01. The van der Waals surface area contributed by atoms with Crippen LogP contribution in [0.1, 0.15) is 32.6 Å². The van der Waals surface area contributed by atoms with Gasteiger partial charge in [-0.05, 0) is 31.6 Å². The summed E-state index contributed by atoms with van der Waals surface area (Å²) in [5, 5.41) is 1.10. The van der Waals surface area contributed by atoms with Gasteiger partial charge in [-0.25, -0.2) is 0 Å². The summed E-state index contributed by atoms with van der Waals surface area (Å²) >= 11 is 3.44. The van der Waals surface area contributed by atoms with E-state index in [1.54, 1.807) is 0 Å². The Kier molecular flexibility index (Phi) is 10.4. The fourth-order valence-corrected chi connectivity index (χ4v) is 1.83. The molecule has 0 aromatic rings. The molecule has 0 bridgehead atoms. The lowest BCUT2D eigenvalue weighted by atomic mass is 10.1. The molecule has 0 aliphatic heterocycles. The summed E-state index contributed by atoms with van der Waals surface area (Å²) in [6.45, 7) is 7.73. The number of hydrogen-bond donors (Lipinski definition) is 0. The van der Waals surface area contributed by atoms with Crippen LogP contribution < -0.4 is 0 Å². The van der Waals surface area contributed by atoms with Crippen LogP contribution >= 0.6 is 15.9 Å². The van der Waals surface area contributed by atoms with Crippen molar-refractivity contribution in [2.24, 2.45) is 5.92 Å². The standard InChI is InChI=1S/C11H21BrO/c1-3-4-5-9-13-10-7-11(2)6-8-12/h3,11H,1,4-10H2,2H3. The Labute approximate surface area is 90.7 Å². The second-order valence-corrected chi connectivity index (χ2v) is 4.21. The molecule has 0 aliphatic carbocycles. The van der Waals surface area contributed by atoms with E-state index < -0.39 is 0 Å². The van der Waals surface area contributed by atoms with Crippen molar-refractivity contribution in [2.75, 3.05) is 18.5 Å². The number of alkyl halides is 1. The molecule has 0 aromatic heterocycles. The Morgan fingerprint density at radius 3 is 2.77 bits per heavy atom. The molecule has 0 rings (SSSR count). The highest BCUT2D eigenvalue weighted by Gasteiger charge is 1.99. The maximum atomic E-state index is 5.49. The van der Waals surface area contributed by atoms with Crippen molar-refractivity contribution >= 4 is 15.9 Å². The third-order valence-corrected chi connectivity index (χ3v) is 2.51. The summed E-state index contributed by atoms with van der Waals surface area (Å²) in [5.74, 6) is 0.777. The number of rotatable bonds is 9. The first-order chi connectivity index (χ1) is 6.31. The minimum atomic E-state index is 0.777. The van der Waals surface area contributed by atoms with Crippen molar-refractivity contribution in [3.8, 4) is 0 Å². The molecule has 0 fully saturated rings. The van der Waals surface area contributed by atoms with Gasteiger partial charge in [0.2, 0.25) is 0 Å². The van der Waals surface area contributed by atoms with E-state index >= 15 is 0 Å². The maximum Gasteiger partial charge on any atom is 0.0468 e. The Morgan fingerprint density at radius 2 is 2.15 bits per heavy atom. The molecular weight excluding hydrogens is 228 g/mol. The van der Waals surface area contributed by atoms with Gasteiger partial charge in [0.05, 0.1) is 0 Å². The molecule has 0 aromatic carbocycles. The normalized spacial score (nSPS) is 12.8. The smallest absolute Gasteiger partial charge is 0.0468 e. The Bertz CT molecular complexity index is 115. The van der Waals surface area contributed by atoms with E-state index in [1.807, 2.05) is 6.08 Å². The van der Waals surface area contributed by atoms with Crippen molar-refractivity contribution in [3.05, 3.63) is 12.7 Å². The average Bonchev–Trinajstić information content (AvgIpc) is 2.11. The van der Waals surface area contributed by atoms with Crippen LogP contribution in [0.4, 0.5) is 0 Å². The van der Waals surface area contributed by atoms with Crippen LogP contribution in [0.25, 0.3) is 0 Å². The van der Waals surface area contributed by atoms with E-state index in [4.69, 9.17) is 4.74 Å². The van der Waals surface area contributed by atoms with E-state index in [2.05, 4.69) is 29.4 Å². The highest BCUT2D eigenvalue weighted by molar-refractivity contribution is 9.09. The fourth-order valence-electron chi connectivity index (χ4n) is 1.05. The van der Waals surface area contributed by atoms with Gasteiger partial charge in [0, 0.05) is 18.5 Å². The third-order valence-electron chi connectivity index (χ3n) is 2.05. The molecule has 2 heteroatoms. The minimum Gasteiger partial charge on any atom is -0.381 e. The predicted octanol–water partition coefficient (Wildman–Crippen LogP) is 3.78. The molecule has 0 amide bonds. The predicted molar refractivity (Wildman–Crippen MR) is 62.4 cm³/mol. The van der Waals surface area contributed by atoms with Gasteiger partial charge in [-0.15, -0.1) is 6.58 Å². The van der Waals surface area contributed by atoms with E-state index in [0.717, 1.165) is 37.3 Å². The first-order valence-corrected chi connectivity index (χ1v) is 6.18. The van der Waals surface area contributed by atoms with Crippen LogP contribution in [-0.2, 0) is 4.74 Å². The number of unbranched alkanes of at least 4 members (excludes halogenated alkanes) is 1. The maximum absolute atomic E-state index is 5.49. The third kappa shape index (κ3) is 10.1. The van der Waals surface area contributed by atoms with Crippen LogP contribution in [0.5, 0.6) is 0 Å². The van der Waals surface area contributed by atoms with Crippen LogP contribution in [0.15, 0.2) is 12.7 Å². The summed E-state index contributed by atoms with van der Waals surface area (Å²) in [6, 6.07) is 0. The molecule has 1 unspecified atom stereocenters. The van der Waals surface area contributed by atoms with Crippen molar-refractivity contribution in [1.82, 2.24) is 0 Å². The van der Waals surface area contributed by atoms with Gasteiger partial charge in [-0.2, -0.15) is 0 Å². The zero-order valence-corrected chi connectivity index (χ0v) is 10.2. The first-order valence-electron chi connectivity index (χ1n) is 5.05. The SMILES string of the molecule is C=CCCCOCCC(C)CCBr. The molecule has 0 radical (unpaired) electrons. The summed E-state index contributed by atoms with van der Waals surface area (Å²) in [5.41, 5.74) is 0. The van der Waals surface area contributed by atoms with Crippen molar-refractivity contribution in [1.29, 1.82) is 0 Å². The summed E-state index contributed by atoms with van der Waals surface area (Å²) in [4.78, 5) is 0. The van der Waals surface area contributed by atoms with Crippen LogP contribution in [0, 0.1) is 5.92 Å². The largest absolute Gasteiger partial charge is 0.381 e. The molecule has 0 saturated heterocycles. The van der Waals surface area contributed by atoms with Crippen molar-refractivity contribution in [3.63, 3.8) is 0 Å². The summed E-state index contributed by atoms with van der Waals surface area (Å²) in [6.07, 6.45) is 6.54. The van der Waals surface area contributed by atoms with Gasteiger partial charge in [-0.3, -0.25) is 0 Å². The Hall–Kier alpha value is 0.180. The van der Waals surface area contributed by atoms with Gasteiger partial charge in [0.25, 0.3) is 0 Å². The monoisotopic (exact) mass is 248 g/mol. The van der Waals surface area contributed by atoms with Crippen LogP contribution in [0.2, 0.25) is 0 Å². The van der Waals surface area contributed by atoms with Gasteiger partial charge in [-0.1, -0.05) is 28.9 Å². The van der Waals surface area contributed by atoms with Crippen LogP contribution in [0.3, 0.4) is 0 Å². The number of ether oxygens (including phenoxy) is 1. The van der Waals surface area contributed by atoms with Gasteiger partial charge < -0.3 is 4.74 Å². The number of allylic oxidation sites excluding steroid dienone is 1. The zero-order valence-electron chi connectivity index (χ0n) is 8.60. The van der Waals surface area contributed by atoms with Crippen molar-refractivity contribution in [2.45, 2.75) is 32.6 Å². The highest BCUT2D eigenvalue weighted by atomic mass is 79.9. The molecule has 0 heterocycles. The first kappa shape index (κ1) is 13.2. The van der Waals surface area contributed by atoms with Gasteiger partial charge in [0.1, 0.15) is 0 Å². The summed E-state index contributed by atoms with van der Waals surface area (Å²) in [7, 11) is 0. The minimum absolute atomic E-state index is 0.777. The zero-order chi connectivity index (χ0) is 9.94. The molecule has 1 nitrogen and oxygen atoms in total. The molecule has 13 heavy (non-hydrogen) atoms. The lowest BCUT2D eigenvalue weighted by Crippen LogP contribution is -2.03. The lowest BCUT2D eigenvalue weighted by molar-refractivity contribution is 0.120. The van der Waals surface area contributed by atoms with E-state index in [0.29, 0.717) is 0 Å². The van der Waals surface area contributed by atoms with Gasteiger partial charge >= 0.3 is 0 Å². The quantitative estimate of drug-likeness (QED) is 0.343. The molecule has 0 spiro atoms. The fraction of sp³-hybridized carbons (Fsp3) is 0.818. The number of halogens is 1. The van der Waals surface area contributed by atoms with Crippen LogP contribution in [-0.4, -0.2) is 18.5 Å². The molecule has 1 atom stereocenters. The lowest BCUT2D eigenvalue weighted by Gasteiger charge is -2.09. The molecule has 78 valence electrons. The number of hydrogen-bond acceptors (Lipinski definition) is 1.